The fraction of sp³-hybridized carbons (Fsp3) is 0.0588. The second-order valence-electron chi connectivity index (χ2n) is 9.08. The molecule has 1 aliphatic carbocycles. The van der Waals surface area contributed by atoms with Gasteiger partial charge in [0.05, 0.1) is 0 Å². The van der Waals surface area contributed by atoms with Crippen molar-refractivity contribution in [3.63, 3.8) is 0 Å². The number of fused-ring (bicyclic) bond motifs is 1. The molecular formula is C34H28N2. The van der Waals surface area contributed by atoms with Crippen LogP contribution in [0.3, 0.4) is 0 Å². The van der Waals surface area contributed by atoms with Crippen molar-refractivity contribution in [1.82, 2.24) is 0 Å². The van der Waals surface area contributed by atoms with Gasteiger partial charge < -0.3 is 10.2 Å². The van der Waals surface area contributed by atoms with Crippen LogP contribution in [0.15, 0.2) is 133 Å². The van der Waals surface area contributed by atoms with Crippen molar-refractivity contribution in [2.24, 2.45) is 0 Å². The van der Waals surface area contributed by atoms with Gasteiger partial charge in [-0.15, -0.1) is 0 Å². The zero-order valence-corrected chi connectivity index (χ0v) is 20.1. The molecule has 0 heterocycles. The third kappa shape index (κ3) is 4.54. The number of aryl methyl sites for hydroxylation is 1. The Kier molecular flexibility index (Phi) is 6.08. The van der Waals surface area contributed by atoms with Crippen molar-refractivity contribution in [3.8, 4) is 11.1 Å². The van der Waals surface area contributed by atoms with Crippen molar-refractivity contribution in [2.45, 2.75) is 12.8 Å². The first-order chi connectivity index (χ1) is 17.8. The summed E-state index contributed by atoms with van der Waals surface area (Å²) in [4.78, 5) is 2.32. The van der Waals surface area contributed by atoms with Crippen LogP contribution in [0.2, 0.25) is 0 Å². The van der Waals surface area contributed by atoms with Crippen LogP contribution in [0.4, 0.5) is 28.4 Å². The molecule has 0 unspecified atom stereocenters. The molecule has 6 rings (SSSR count). The Bertz CT molecular complexity index is 1500. The van der Waals surface area contributed by atoms with Gasteiger partial charge in [0.2, 0.25) is 0 Å². The van der Waals surface area contributed by atoms with Crippen molar-refractivity contribution in [1.29, 1.82) is 0 Å². The predicted octanol–water partition coefficient (Wildman–Crippen LogP) is 9.53. The van der Waals surface area contributed by atoms with Crippen LogP contribution >= 0.6 is 0 Å². The quantitative estimate of drug-likeness (QED) is 0.269. The highest BCUT2D eigenvalue weighted by Gasteiger charge is 2.16. The van der Waals surface area contributed by atoms with E-state index >= 15 is 0 Å². The van der Waals surface area contributed by atoms with Gasteiger partial charge in [0.25, 0.3) is 0 Å². The number of nitrogens with zero attached hydrogens (tertiary/aromatic N) is 1. The van der Waals surface area contributed by atoms with Crippen LogP contribution in [0, 0.1) is 0 Å². The molecule has 0 fully saturated rings. The first-order valence-corrected chi connectivity index (χ1v) is 12.5. The molecule has 0 aromatic heterocycles. The molecule has 2 heteroatoms. The van der Waals surface area contributed by atoms with Gasteiger partial charge in [-0.3, -0.25) is 0 Å². The molecule has 5 aromatic rings. The molecule has 0 aliphatic heterocycles. The lowest BCUT2D eigenvalue weighted by molar-refractivity contribution is 0.986. The van der Waals surface area contributed by atoms with Crippen LogP contribution < -0.4 is 10.2 Å². The van der Waals surface area contributed by atoms with E-state index in [9.17, 15) is 0 Å². The molecule has 0 saturated carbocycles. The summed E-state index contributed by atoms with van der Waals surface area (Å²) in [6, 6.07) is 45.0. The van der Waals surface area contributed by atoms with Crippen molar-refractivity contribution in [2.75, 3.05) is 10.2 Å². The van der Waals surface area contributed by atoms with E-state index in [0.717, 1.165) is 41.3 Å². The lowest BCUT2D eigenvalue weighted by atomic mass is 9.90. The predicted molar refractivity (Wildman–Crippen MR) is 154 cm³/mol. The average Bonchev–Trinajstić information content (AvgIpc) is 2.94. The van der Waals surface area contributed by atoms with Crippen LogP contribution in [0.5, 0.6) is 0 Å². The molecule has 1 aliphatic rings. The minimum absolute atomic E-state index is 1.05. The van der Waals surface area contributed by atoms with Gasteiger partial charge in [-0.2, -0.15) is 0 Å². The highest BCUT2D eigenvalue weighted by atomic mass is 15.1. The minimum Gasteiger partial charge on any atom is -0.355 e. The van der Waals surface area contributed by atoms with Gasteiger partial charge in [-0.05, 0) is 89.7 Å². The Morgan fingerprint density at radius 1 is 0.556 bits per heavy atom. The van der Waals surface area contributed by atoms with E-state index in [4.69, 9.17) is 0 Å². The number of rotatable bonds is 6. The first-order valence-electron chi connectivity index (χ1n) is 12.5. The van der Waals surface area contributed by atoms with Gasteiger partial charge in [0, 0.05) is 28.4 Å². The molecule has 0 saturated heterocycles. The van der Waals surface area contributed by atoms with E-state index in [1.54, 1.807) is 0 Å². The smallest absolute Gasteiger partial charge is 0.0482 e. The zero-order valence-electron chi connectivity index (χ0n) is 20.1. The second-order valence-corrected chi connectivity index (χ2v) is 9.08. The zero-order chi connectivity index (χ0) is 24.2. The number of hydrogen-bond donors (Lipinski definition) is 1. The molecule has 0 spiro atoms. The van der Waals surface area contributed by atoms with E-state index in [1.807, 2.05) is 18.2 Å². The summed E-state index contributed by atoms with van der Waals surface area (Å²) < 4.78 is 0. The number of anilines is 5. The van der Waals surface area contributed by atoms with Crippen LogP contribution in [0.1, 0.15) is 17.5 Å². The molecule has 36 heavy (non-hydrogen) atoms. The monoisotopic (exact) mass is 464 g/mol. The Morgan fingerprint density at radius 2 is 1.22 bits per heavy atom. The normalized spacial score (nSPS) is 12.1. The Hall–Kier alpha value is -4.56. The molecule has 0 bridgehead atoms. The largest absolute Gasteiger partial charge is 0.355 e. The van der Waals surface area contributed by atoms with Crippen LogP contribution in [0.25, 0.3) is 17.2 Å². The minimum atomic E-state index is 1.05. The van der Waals surface area contributed by atoms with E-state index in [1.165, 1.54) is 22.3 Å². The molecule has 0 amide bonds. The highest BCUT2D eigenvalue weighted by Crippen LogP contribution is 2.39. The Morgan fingerprint density at radius 3 is 2.06 bits per heavy atom. The first kappa shape index (κ1) is 21.9. The fourth-order valence-electron chi connectivity index (χ4n) is 4.97. The summed E-state index contributed by atoms with van der Waals surface area (Å²) in [7, 11) is 0. The number of para-hydroxylation sites is 2. The summed E-state index contributed by atoms with van der Waals surface area (Å²) in [5, 5.41) is 3.54. The summed E-state index contributed by atoms with van der Waals surface area (Å²) in [5.74, 6) is 0. The van der Waals surface area contributed by atoms with E-state index in [-0.39, 0.29) is 0 Å². The van der Waals surface area contributed by atoms with E-state index in [2.05, 4.69) is 132 Å². The molecule has 174 valence electrons. The standard InChI is InChI=1S/C34H28N2/c1-3-15-28(16-4-1)35-29-17-11-21-32(25-29)36(30-18-5-2-6-19-30)31-20-9-14-27(24-31)34-23-10-13-26-12-7-8-22-33(26)34/h1-6,8-11,13-25,35H,7,12H2. The maximum Gasteiger partial charge on any atom is 0.0482 e. The lowest BCUT2D eigenvalue weighted by Gasteiger charge is -2.27. The molecule has 1 N–H and O–H groups in total. The number of allylic oxidation sites excluding steroid dienone is 1. The molecule has 2 nitrogen and oxygen atoms in total. The van der Waals surface area contributed by atoms with Crippen molar-refractivity contribution in [3.05, 3.63) is 145 Å². The molecule has 5 aromatic carbocycles. The van der Waals surface area contributed by atoms with Gasteiger partial charge in [-0.1, -0.05) is 84.9 Å². The SMILES string of the molecule is C1=Cc2c(cccc2-c2cccc(N(c3ccccc3)c3cccc(Nc4ccccc4)c3)c2)CC1. The summed E-state index contributed by atoms with van der Waals surface area (Å²) >= 11 is 0. The van der Waals surface area contributed by atoms with E-state index in [0.29, 0.717) is 0 Å². The topological polar surface area (TPSA) is 15.3 Å². The van der Waals surface area contributed by atoms with Crippen LogP contribution in [-0.2, 0) is 6.42 Å². The summed E-state index contributed by atoms with van der Waals surface area (Å²) in [6.07, 6.45) is 6.80. The fourth-order valence-corrected chi connectivity index (χ4v) is 4.97. The van der Waals surface area contributed by atoms with Gasteiger partial charge in [-0.25, -0.2) is 0 Å². The van der Waals surface area contributed by atoms with Crippen molar-refractivity contribution < 1.29 is 0 Å². The average molecular weight is 465 g/mol. The van der Waals surface area contributed by atoms with Gasteiger partial charge >= 0.3 is 0 Å². The lowest BCUT2D eigenvalue weighted by Crippen LogP contribution is -2.10. The van der Waals surface area contributed by atoms with E-state index < -0.39 is 0 Å². The number of nitrogens with one attached hydrogen (secondary N) is 1. The van der Waals surface area contributed by atoms with Crippen LogP contribution in [-0.4, -0.2) is 0 Å². The Labute approximate surface area is 213 Å². The highest BCUT2D eigenvalue weighted by molar-refractivity contribution is 5.84. The molecule has 0 atom stereocenters. The van der Waals surface area contributed by atoms with Gasteiger partial charge in [0.1, 0.15) is 0 Å². The number of hydrogen-bond acceptors (Lipinski definition) is 2. The van der Waals surface area contributed by atoms with Gasteiger partial charge in [0.15, 0.2) is 0 Å². The molecular weight excluding hydrogens is 436 g/mol. The summed E-state index contributed by atoms with van der Waals surface area (Å²) in [5.41, 5.74) is 10.8. The Balaban J connectivity index is 1.43. The maximum atomic E-state index is 3.54. The number of benzene rings is 5. The van der Waals surface area contributed by atoms with Crippen molar-refractivity contribution >= 4 is 34.5 Å². The summed E-state index contributed by atoms with van der Waals surface area (Å²) in [6.45, 7) is 0. The molecule has 0 radical (unpaired) electrons. The maximum absolute atomic E-state index is 3.54. The third-order valence-corrected chi connectivity index (χ3v) is 6.66. The third-order valence-electron chi connectivity index (χ3n) is 6.66. The second kappa shape index (κ2) is 9.97.